The highest BCUT2D eigenvalue weighted by Crippen LogP contribution is 2.22. The molecule has 1 atom stereocenters. The molecule has 0 bridgehead atoms. The number of likely N-dealkylation sites (tertiary alicyclic amines) is 1. The number of hydrogen-bond acceptors (Lipinski definition) is 6. The summed E-state index contributed by atoms with van der Waals surface area (Å²) in [5, 5.41) is 0. The van der Waals surface area contributed by atoms with Crippen LogP contribution < -0.4 is 5.73 Å². The number of rotatable bonds is 5. The fourth-order valence-corrected chi connectivity index (χ4v) is 4.81. The molecule has 0 aromatic heterocycles. The predicted molar refractivity (Wildman–Crippen MR) is 94.5 cm³/mol. The van der Waals surface area contributed by atoms with Gasteiger partial charge in [0.1, 0.15) is 5.72 Å². The Labute approximate surface area is 149 Å². The van der Waals surface area contributed by atoms with Crippen molar-refractivity contribution in [2.24, 2.45) is 5.73 Å². The van der Waals surface area contributed by atoms with E-state index in [-0.39, 0.29) is 0 Å². The van der Waals surface area contributed by atoms with Crippen LogP contribution in [0, 0.1) is 0 Å². The summed E-state index contributed by atoms with van der Waals surface area (Å²) >= 11 is 0. The number of benzene rings is 1. The summed E-state index contributed by atoms with van der Waals surface area (Å²) in [6.45, 7) is 4.10. The first-order valence-corrected chi connectivity index (χ1v) is 10.1. The highest BCUT2D eigenvalue weighted by molar-refractivity contribution is 7.89. The van der Waals surface area contributed by atoms with Crippen LogP contribution in [0.2, 0.25) is 0 Å². The Hall–Kier alpha value is -1.03. The lowest BCUT2D eigenvalue weighted by molar-refractivity contribution is -0.0619. The van der Waals surface area contributed by atoms with Gasteiger partial charge in [-0.1, -0.05) is 12.1 Å². The van der Waals surface area contributed by atoms with E-state index in [9.17, 15) is 8.42 Å². The van der Waals surface area contributed by atoms with E-state index in [4.69, 9.17) is 15.2 Å². The standard InChI is InChI=1S/C17H27N3O4S/c1-23-17(18)7-2-8-19(14-17)13-15-3-5-16(6-4-15)25(21,22)20-9-11-24-12-10-20/h3-6H,2,7-14,18H2,1H3. The summed E-state index contributed by atoms with van der Waals surface area (Å²) in [6, 6.07) is 7.14. The molecule has 3 rings (SSSR count). The Morgan fingerprint density at radius 2 is 1.88 bits per heavy atom. The van der Waals surface area contributed by atoms with E-state index >= 15 is 0 Å². The van der Waals surface area contributed by atoms with Crippen LogP contribution in [0.1, 0.15) is 18.4 Å². The van der Waals surface area contributed by atoms with Crippen molar-refractivity contribution in [2.75, 3.05) is 46.5 Å². The van der Waals surface area contributed by atoms with Crippen LogP contribution in [-0.4, -0.2) is 69.9 Å². The van der Waals surface area contributed by atoms with Gasteiger partial charge in [-0.2, -0.15) is 4.31 Å². The Balaban J connectivity index is 1.66. The van der Waals surface area contributed by atoms with Gasteiger partial charge in [-0.25, -0.2) is 8.42 Å². The lowest BCUT2D eigenvalue weighted by Crippen LogP contribution is -2.55. The van der Waals surface area contributed by atoms with E-state index in [0.717, 1.165) is 31.5 Å². The van der Waals surface area contributed by atoms with Crippen LogP contribution >= 0.6 is 0 Å². The molecular weight excluding hydrogens is 342 g/mol. The molecule has 7 nitrogen and oxygen atoms in total. The quantitative estimate of drug-likeness (QED) is 0.766. The van der Waals surface area contributed by atoms with E-state index in [2.05, 4.69) is 4.90 Å². The van der Waals surface area contributed by atoms with Crippen LogP contribution in [0.25, 0.3) is 0 Å². The van der Waals surface area contributed by atoms with E-state index < -0.39 is 15.7 Å². The maximum Gasteiger partial charge on any atom is 0.243 e. The van der Waals surface area contributed by atoms with Gasteiger partial charge in [0.15, 0.2) is 0 Å². The third-order valence-corrected chi connectivity index (χ3v) is 6.82. The third-order valence-electron chi connectivity index (χ3n) is 4.91. The van der Waals surface area contributed by atoms with Gasteiger partial charge in [-0.05, 0) is 37.1 Å². The molecule has 25 heavy (non-hydrogen) atoms. The molecule has 2 aliphatic rings. The van der Waals surface area contributed by atoms with Gasteiger partial charge in [0.2, 0.25) is 10.0 Å². The van der Waals surface area contributed by atoms with Crippen LogP contribution in [0.15, 0.2) is 29.2 Å². The Morgan fingerprint density at radius 3 is 2.52 bits per heavy atom. The zero-order valence-corrected chi connectivity index (χ0v) is 15.5. The summed E-state index contributed by atoms with van der Waals surface area (Å²) in [5.41, 5.74) is 6.69. The SMILES string of the molecule is COC1(N)CCCN(Cc2ccc(S(=O)(=O)N3CCOCC3)cc2)C1. The largest absolute Gasteiger partial charge is 0.379 e. The van der Waals surface area contributed by atoms with Gasteiger partial charge in [0.25, 0.3) is 0 Å². The average Bonchev–Trinajstić information content (AvgIpc) is 2.63. The predicted octanol–water partition coefficient (Wildman–Crippen LogP) is 0.605. The van der Waals surface area contributed by atoms with E-state index in [0.29, 0.717) is 37.7 Å². The number of piperidine rings is 1. The van der Waals surface area contributed by atoms with Crippen molar-refractivity contribution in [3.63, 3.8) is 0 Å². The molecule has 0 aliphatic carbocycles. The minimum absolute atomic E-state index is 0.335. The van der Waals surface area contributed by atoms with Gasteiger partial charge < -0.3 is 15.2 Å². The first-order valence-electron chi connectivity index (χ1n) is 8.66. The maximum absolute atomic E-state index is 12.6. The number of methoxy groups -OCH3 is 1. The van der Waals surface area contributed by atoms with E-state index in [1.54, 1.807) is 19.2 Å². The molecular formula is C17H27N3O4S. The molecule has 1 aromatic carbocycles. The topological polar surface area (TPSA) is 85.1 Å². The summed E-state index contributed by atoms with van der Waals surface area (Å²) in [6.07, 6.45) is 1.85. The van der Waals surface area contributed by atoms with Crippen molar-refractivity contribution in [3.05, 3.63) is 29.8 Å². The Bertz CT molecular complexity index is 674. The lowest BCUT2D eigenvalue weighted by atomic mass is 10.0. The molecule has 1 aromatic rings. The molecule has 0 saturated carbocycles. The molecule has 2 N–H and O–H groups in total. The van der Waals surface area contributed by atoms with Crippen molar-refractivity contribution in [1.29, 1.82) is 0 Å². The van der Waals surface area contributed by atoms with Crippen molar-refractivity contribution in [1.82, 2.24) is 9.21 Å². The molecule has 2 aliphatic heterocycles. The highest BCUT2D eigenvalue weighted by Gasteiger charge is 2.31. The van der Waals surface area contributed by atoms with Crippen molar-refractivity contribution in [3.8, 4) is 0 Å². The monoisotopic (exact) mass is 369 g/mol. The third kappa shape index (κ3) is 4.39. The Morgan fingerprint density at radius 1 is 1.20 bits per heavy atom. The lowest BCUT2D eigenvalue weighted by Gasteiger charge is -2.39. The van der Waals surface area contributed by atoms with Crippen LogP contribution in [-0.2, 0) is 26.0 Å². The second-order valence-electron chi connectivity index (χ2n) is 6.74. The smallest absolute Gasteiger partial charge is 0.243 e. The average molecular weight is 369 g/mol. The molecule has 0 radical (unpaired) electrons. The number of morpholine rings is 1. The summed E-state index contributed by atoms with van der Waals surface area (Å²) < 4.78 is 37.4. The number of nitrogens with two attached hydrogens (primary N) is 1. The second kappa shape index (κ2) is 7.69. The highest BCUT2D eigenvalue weighted by atomic mass is 32.2. The molecule has 2 fully saturated rings. The molecule has 2 saturated heterocycles. The van der Waals surface area contributed by atoms with E-state index in [1.165, 1.54) is 4.31 Å². The van der Waals surface area contributed by atoms with Crippen molar-refractivity contribution in [2.45, 2.75) is 30.0 Å². The summed E-state index contributed by atoms with van der Waals surface area (Å²) in [5.74, 6) is 0. The van der Waals surface area contributed by atoms with Gasteiger partial charge in [0, 0.05) is 33.3 Å². The molecule has 2 heterocycles. The van der Waals surface area contributed by atoms with Crippen LogP contribution in [0.3, 0.4) is 0 Å². The zero-order chi connectivity index (χ0) is 17.9. The number of ether oxygens (including phenoxy) is 2. The van der Waals surface area contributed by atoms with Gasteiger partial charge in [-0.15, -0.1) is 0 Å². The first-order chi connectivity index (χ1) is 11.9. The summed E-state index contributed by atoms with van der Waals surface area (Å²) in [7, 11) is -1.79. The Kier molecular flexibility index (Phi) is 5.77. The van der Waals surface area contributed by atoms with Gasteiger partial charge in [0.05, 0.1) is 18.1 Å². The fraction of sp³-hybridized carbons (Fsp3) is 0.647. The van der Waals surface area contributed by atoms with Gasteiger partial charge >= 0.3 is 0 Å². The van der Waals surface area contributed by atoms with Gasteiger partial charge in [-0.3, -0.25) is 4.90 Å². The zero-order valence-electron chi connectivity index (χ0n) is 14.7. The molecule has 8 heteroatoms. The molecule has 1 unspecified atom stereocenters. The first kappa shape index (κ1) is 18.8. The van der Waals surface area contributed by atoms with Crippen molar-refractivity contribution >= 4 is 10.0 Å². The summed E-state index contributed by atoms with van der Waals surface area (Å²) in [4.78, 5) is 2.58. The van der Waals surface area contributed by atoms with E-state index in [1.807, 2.05) is 12.1 Å². The second-order valence-corrected chi connectivity index (χ2v) is 8.68. The van der Waals surface area contributed by atoms with Crippen LogP contribution in [0.4, 0.5) is 0 Å². The minimum Gasteiger partial charge on any atom is -0.379 e. The van der Waals surface area contributed by atoms with Crippen LogP contribution in [0.5, 0.6) is 0 Å². The number of hydrogen-bond donors (Lipinski definition) is 1. The number of sulfonamides is 1. The fourth-order valence-electron chi connectivity index (χ4n) is 3.40. The maximum atomic E-state index is 12.6. The number of nitrogens with zero attached hydrogens (tertiary/aromatic N) is 2. The van der Waals surface area contributed by atoms with Crippen molar-refractivity contribution < 1.29 is 17.9 Å². The minimum atomic E-state index is -3.43. The molecule has 140 valence electrons. The molecule has 0 spiro atoms. The molecule has 0 amide bonds. The normalized spacial score (nSPS) is 26.6.